The number of fused-ring (bicyclic) bond motifs is 1. The van der Waals surface area contributed by atoms with Crippen LogP contribution in [0.1, 0.15) is 33.3 Å². The van der Waals surface area contributed by atoms with Gasteiger partial charge >= 0.3 is 29.5 Å². The van der Waals surface area contributed by atoms with Crippen molar-refractivity contribution >= 4 is 40.8 Å². The first-order valence-electron chi connectivity index (χ1n) is 11.6. The standard InChI is InChI=1S/C25H26O14/c1-11(26)33-10-19-22(34-12(2)27)23(35-13(3)28)24(36-14(4)29)25(39-19)37-16-5-6-17-15(7-20(30)31)8-21(32)38-18(17)9-16/h5-6,8-9,19,22-25H,7,10H2,1-4H3,(H,30,31)/p-1/t19-,22+,23+,24-,25-/m1/s1. The zero-order valence-electron chi connectivity index (χ0n) is 21.3. The number of aliphatic carboxylic acids is 1. The normalized spacial score (nSPS) is 22.4. The third-order valence-corrected chi connectivity index (χ3v) is 5.34. The second-order valence-corrected chi connectivity index (χ2v) is 8.48. The first-order valence-corrected chi connectivity index (χ1v) is 11.6. The highest BCUT2D eigenvalue weighted by Gasteiger charge is 2.53. The summed E-state index contributed by atoms with van der Waals surface area (Å²) in [6, 6.07) is 5.12. The number of benzene rings is 1. The lowest BCUT2D eigenvalue weighted by atomic mass is 9.98. The molecule has 1 aliphatic heterocycles. The molecule has 0 aliphatic carbocycles. The molecule has 1 aromatic carbocycles. The van der Waals surface area contributed by atoms with Crippen LogP contribution in [0.2, 0.25) is 0 Å². The average molecular weight is 549 g/mol. The molecule has 39 heavy (non-hydrogen) atoms. The van der Waals surface area contributed by atoms with E-state index in [-0.39, 0.29) is 16.9 Å². The van der Waals surface area contributed by atoms with E-state index in [1.807, 2.05) is 0 Å². The summed E-state index contributed by atoms with van der Waals surface area (Å²) < 4.78 is 37.9. The summed E-state index contributed by atoms with van der Waals surface area (Å²) in [5.74, 6) is -4.48. The van der Waals surface area contributed by atoms with Gasteiger partial charge in [-0.1, -0.05) is 0 Å². The van der Waals surface area contributed by atoms with E-state index in [4.69, 9.17) is 32.8 Å². The number of carbonyl (C=O) groups excluding carboxylic acids is 5. The predicted molar refractivity (Wildman–Crippen MR) is 124 cm³/mol. The molecule has 0 amide bonds. The summed E-state index contributed by atoms with van der Waals surface area (Å²) in [5.41, 5.74) is -0.690. The van der Waals surface area contributed by atoms with E-state index in [9.17, 15) is 33.9 Å². The van der Waals surface area contributed by atoms with E-state index in [1.165, 1.54) is 18.2 Å². The van der Waals surface area contributed by atoms with E-state index in [1.54, 1.807) is 0 Å². The Labute approximate surface area is 220 Å². The summed E-state index contributed by atoms with van der Waals surface area (Å²) in [5, 5.41) is 11.4. The molecule has 3 rings (SSSR count). The Bertz CT molecular complexity index is 1330. The maximum atomic E-state index is 12.0. The minimum Gasteiger partial charge on any atom is -0.550 e. The number of hydrogen-bond acceptors (Lipinski definition) is 14. The van der Waals surface area contributed by atoms with Crippen LogP contribution in [0.4, 0.5) is 0 Å². The molecule has 0 bridgehead atoms. The third-order valence-electron chi connectivity index (χ3n) is 5.34. The zero-order valence-corrected chi connectivity index (χ0v) is 21.3. The Kier molecular flexibility index (Phi) is 9.24. The van der Waals surface area contributed by atoms with Gasteiger partial charge in [-0.2, -0.15) is 0 Å². The molecule has 0 radical (unpaired) electrons. The molecule has 2 aromatic rings. The molecule has 2 heterocycles. The van der Waals surface area contributed by atoms with Gasteiger partial charge in [0.2, 0.25) is 12.4 Å². The molecule has 0 unspecified atom stereocenters. The van der Waals surface area contributed by atoms with E-state index in [0.717, 1.165) is 33.8 Å². The topological polar surface area (TPSA) is 194 Å². The van der Waals surface area contributed by atoms with Crippen molar-refractivity contribution in [1.82, 2.24) is 0 Å². The Morgan fingerprint density at radius 3 is 2.05 bits per heavy atom. The molecular weight excluding hydrogens is 524 g/mol. The van der Waals surface area contributed by atoms with E-state index >= 15 is 0 Å². The Morgan fingerprint density at radius 1 is 0.846 bits per heavy atom. The zero-order chi connectivity index (χ0) is 28.9. The Balaban J connectivity index is 2.04. The van der Waals surface area contributed by atoms with Crippen LogP contribution in [-0.4, -0.2) is 67.2 Å². The van der Waals surface area contributed by atoms with Crippen LogP contribution < -0.4 is 15.5 Å². The van der Waals surface area contributed by atoms with Crippen LogP contribution in [0.25, 0.3) is 11.0 Å². The van der Waals surface area contributed by atoms with Crippen LogP contribution >= 0.6 is 0 Å². The quantitative estimate of drug-likeness (QED) is 0.222. The molecule has 5 atom stereocenters. The van der Waals surface area contributed by atoms with Crippen molar-refractivity contribution in [3.8, 4) is 5.75 Å². The summed E-state index contributed by atoms with van der Waals surface area (Å²) in [6.45, 7) is 3.95. The summed E-state index contributed by atoms with van der Waals surface area (Å²) >= 11 is 0. The molecular formula is C25H25O14-. The highest BCUT2D eigenvalue weighted by Crippen LogP contribution is 2.32. The van der Waals surface area contributed by atoms with Crippen molar-refractivity contribution in [1.29, 1.82) is 0 Å². The van der Waals surface area contributed by atoms with Crippen molar-refractivity contribution in [2.75, 3.05) is 6.61 Å². The highest BCUT2D eigenvalue weighted by atomic mass is 16.7. The minimum atomic E-state index is -1.51. The minimum absolute atomic E-state index is 0.0112. The second kappa shape index (κ2) is 12.4. The first kappa shape index (κ1) is 29.1. The third kappa shape index (κ3) is 7.77. The van der Waals surface area contributed by atoms with E-state index in [2.05, 4.69) is 0 Å². The van der Waals surface area contributed by atoms with Crippen molar-refractivity contribution in [2.24, 2.45) is 0 Å². The van der Waals surface area contributed by atoms with Crippen LogP contribution in [0.15, 0.2) is 33.5 Å². The van der Waals surface area contributed by atoms with Crippen LogP contribution in [-0.2, 0) is 54.1 Å². The fourth-order valence-electron chi connectivity index (χ4n) is 4.00. The predicted octanol–water partition coefficient (Wildman–Crippen LogP) is -0.453. The van der Waals surface area contributed by atoms with Crippen molar-refractivity contribution < 1.29 is 61.9 Å². The molecule has 0 saturated carbocycles. The van der Waals surface area contributed by atoms with Gasteiger partial charge in [0.1, 0.15) is 24.0 Å². The molecule has 210 valence electrons. The number of carboxylic acids is 1. The molecule has 1 saturated heterocycles. The molecule has 0 spiro atoms. The molecule has 0 N–H and O–H groups in total. The first-order chi connectivity index (χ1) is 18.3. The van der Waals surface area contributed by atoms with Crippen LogP contribution in [0, 0.1) is 0 Å². The van der Waals surface area contributed by atoms with Gasteiger partial charge in [-0.25, -0.2) is 4.79 Å². The fourth-order valence-corrected chi connectivity index (χ4v) is 4.00. The summed E-state index contributed by atoms with van der Waals surface area (Å²) in [4.78, 5) is 70.2. The lowest BCUT2D eigenvalue weighted by Gasteiger charge is -2.43. The van der Waals surface area contributed by atoms with Gasteiger partial charge in [-0.15, -0.1) is 0 Å². The van der Waals surface area contributed by atoms with Gasteiger partial charge < -0.3 is 42.7 Å². The van der Waals surface area contributed by atoms with Crippen LogP contribution in [0.5, 0.6) is 5.75 Å². The number of ether oxygens (including phenoxy) is 6. The smallest absolute Gasteiger partial charge is 0.336 e. The number of hydrogen-bond donors (Lipinski definition) is 0. The Hall–Kier alpha value is -4.46. The fraction of sp³-hybridized carbons (Fsp3) is 0.440. The van der Waals surface area contributed by atoms with Gasteiger partial charge in [0, 0.05) is 57.6 Å². The van der Waals surface area contributed by atoms with Crippen molar-refractivity contribution in [2.45, 2.75) is 64.8 Å². The average Bonchev–Trinajstić information content (AvgIpc) is 2.80. The lowest BCUT2D eigenvalue weighted by Crippen LogP contribution is -2.63. The van der Waals surface area contributed by atoms with Gasteiger partial charge in [0.25, 0.3) is 0 Å². The molecule has 1 aromatic heterocycles. The largest absolute Gasteiger partial charge is 0.550 e. The molecule has 14 nitrogen and oxygen atoms in total. The SMILES string of the molecule is CC(=O)OC[C@H]1O[C@@H](Oc2ccc3c(CC(=O)[O-])cc(=O)oc3c2)[C@H](OC(C)=O)[C@@H](OC(C)=O)[C@H]1OC(C)=O. The van der Waals surface area contributed by atoms with Crippen LogP contribution in [0.3, 0.4) is 0 Å². The monoisotopic (exact) mass is 549 g/mol. The van der Waals surface area contributed by atoms with Gasteiger partial charge in [-0.05, 0) is 17.7 Å². The Morgan fingerprint density at radius 2 is 1.46 bits per heavy atom. The molecule has 1 aliphatic rings. The van der Waals surface area contributed by atoms with E-state index in [0.29, 0.717) is 5.39 Å². The number of carboxylic acid groups (broad SMARTS) is 1. The summed E-state index contributed by atoms with van der Waals surface area (Å²) in [7, 11) is 0. The molecule has 1 fully saturated rings. The maximum absolute atomic E-state index is 12.0. The van der Waals surface area contributed by atoms with E-state index < -0.39 is 79.2 Å². The lowest BCUT2D eigenvalue weighted by molar-refractivity contribution is -0.304. The van der Waals surface area contributed by atoms with Crippen molar-refractivity contribution in [3.05, 3.63) is 40.2 Å². The van der Waals surface area contributed by atoms with Gasteiger partial charge in [-0.3, -0.25) is 19.2 Å². The number of carbonyl (C=O) groups is 5. The van der Waals surface area contributed by atoms with Gasteiger partial charge in [0.15, 0.2) is 12.2 Å². The number of esters is 4. The highest BCUT2D eigenvalue weighted by molar-refractivity contribution is 5.85. The summed E-state index contributed by atoms with van der Waals surface area (Å²) in [6.07, 6.45) is -7.56. The molecule has 14 heteroatoms. The number of rotatable bonds is 9. The maximum Gasteiger partial charge on any atom is 0.336 e. The van der Waals surface area contributed by atoms with Crippen molar-refractivity contribution in [3.63, 3.8) is 0 Å². The second-order valence-electron chi connectivity index (χ2n) is 8.48. The van der Waals surface area contributed by atoms with Gasteiger partial charge in [0.05, 0.1) is 0 Å².